The molecule has 1 aromatic carbocycles. The number of rotatable bonds is 8. The van der Waals surface area contributed by atoms with Crippen LogP contribution in [0.1, 0.15) is 27.7 Å². The van der Waals surface area contributed by atoms with Gasteiger partial charge in [-0.3, -0.25) is 4.99 Å². The summed E-state index contributed by atoms with van der Waals surface area (Å²) < 4.78 is 5.18. The van der Waals surface area contributed by atoms with Crippen molar-refractivity contribution in [3.8, 4) is 0 Å². The van der Waals surface area contributed by atoms with Crippen LogP contribution in [0, 0.1) is 0 Å². The predicted molar refractivity (Wildman–Crippen MR) is 105 cm³/mol. The molecule has 1 rings (SSSR count). The third-order valence-electron chi connectivity index (χ3n) is 2.80. The van der Waals surface area contributed by atoms with E-state index >= 15 is 0 Å². The highest BCUT2D eigenvalue weighted by molar-refractivity contribution is 7.99. The summed E-state index contributed by atoms with van der Waals surface area (Å²) in [6.07, 6.45) is -0.417. The zero-order chi connectivity index (χ0) is 18.5. The lowest BCUT2D eigenvalue weighted by Gasteiger charge is -2.19. The Kier molecular flexibility index (Phi) is 9.84. The normalized spacial score (nSPS) is 11.8. The fourth-order valence-electron chi connectivity index (χ4n) is 1.84. The van der Waals surface area contributed by atoms with E-state index in [0.717, 1.165) is 24.8 Å². The van der Waals surface area contributed by atoms with Gasteiger partial charge in [0.15, 0.2) is 5.96 Å². The Morgan fingerprint density at radius 3 is 2.48 bits per heavy atom. The van der Waals surface area contributed by atoms with Gasteiger partial charge in [-0.1, -0.05) is 18.2 Å². The first kappa shape index (κ1) is 21.2. The van der Waals surface area contributed by atoms with Crippen LogP contribution < -0.4 is 16.0 Å². The van der Waals surface area contributed by atoms with Crippen molar-refractivity contribution in [2.24, 2.45) is 4.99 Å². The molecule has 0 atom stereocenters. The Balaban J connectivity index is 2.25. The fourth-order valence-corrected chi connectivity index (χ4v) is 2.63. The van der Waals surface area contributed by atoms with E-state index in [2.05, 4.69) is 33.1 Å². The van der Waals surface area contributed by atoms with Gasteiger partial charge in [-0.05, 0) is 39.8 Å². The molecule has 0 radical (unpaired) electrons. The van der Waals surface area contributed by atoms with Gasteiger partial charge >= 0.3 is 6.09 Å². The standard InChI is InChI=1S/C18H30N4O2S/c1-5-19-16(20-11-12-22-17(23)24-18(2,3)4)21-13-14-25-15-9-7-6-8-10-15/h6-10H,5,11-14H2,1-4H3,(H,22,23)(H2,19,20,21). The van der Waals surface area contributed by atoms with Gasteiger partial charge in [0.05, 0.1) is 6.54 Å². The van der Waals surface area contributed by atoms with Gasteiger partial charge in [-0.2, -0.15) is 0 Å². The van der Waals surface area contributed by atoms with Crippen molar-refractivity contribution in [3.63, 3.8) is 0 Å². The molecule has 0 spiro atoms. The van der Waals surface area contributed by atoms with Gasteiger partial charge in [0, 0.05) is 30.3 Å². The molecule has 0 saturated carbocycles. The summed E-state index contributed by atoms with van der Waals surface area (Å²) >= 11 is 1.80. The number of hydrogen-bond donors (Lipinski definition) is 3. The zero-order valence-corrected chi connectivity index (χ0v) is 16.4. The van der Waals surface area contributed by atoms with Crippen molar-refractivity contribution in [1.82, 2.24) is 16.0 Å². The average molecular weight is 367 g/mol. The molecule has 0 aliphatic carbocycles. The van der Waals surface area contributed by atoms with Crippen molar-refractivity contribution < 1.29 is 9.53 Å². The number of carbonyl (C=O) groups is 1. The first-order chi connectivity index (χ1) is 11.9. The number of amides is 1. The highest BCUT2D eigenvalue weighted by atomic mass is 32.2. The van der Waals surface area contributed by atoms with Gasteiger partial charge in [-0.15, -0.1) is 11.8 Å². The Morgan fingerprint density at radius 2 is 1.84 bits per heavy atom. The number of hydrogen-bond acceptors (Lipinski definition) is 4. The number of benzene rings is 1. The number of guanidine groups is 1. The number of thioether (sulfide) groups is 1. The minimum atomic E-state index is -0.486. The largest absolute Gasteiger partial charge is 0.444 e. The Bertz CT molecular complexity index is 530. The first-order valence-electron chi connectivity index (χ1n) is 8.57. The SMILES string of the molecule is CCNC(=NCCNC(=O)OC(C)(C)C)NCCSc1ccccc1. The Morgan fingerprint density at radius 1 is 1.12 bits per heavy atom. The molecule has 0 aliphatic heterocycles. The first-order valence-corrected chi connectivity index (χ1v) is 9.56. The monoisotopic (exact) mass is 366 g/mol. The second kappa shape index (κ2) is 11.6. The molecule has 0 aromatic heterocycles. The molecule has 1 aromatic rings. The van der Waals surface area contributed by atoms with Gasteiger partial charge in [-0.25, -0.2) is 4.79 Å². The van der Waals surface area contributed by atoms with Crippen molar-refractivity contribution in [3.05, 3.63) is 30.3 Å². The smallest absolute Gasteiger partial charge is 0.407 e. The van der Waals surface area contributed by atoms with Crippen LogP contribution in [0.2, 0.25) is 0 Å². The van der Waals surface area contributed by atoms with Crippen molar-refractivity contribution >= 4 is 23.8 Å². The zero-order valence-electron chi connectivity index (χ0n) is 15.6. The molecular formula is C18H30N4O2S. The van der Waals surface area contributed by atoms with E-state index in [9.17, 15) is 4.79 Å². The molecule has 0 fully saturated rings. The highest BCUT2D eigenvalue weighted by Gasteiger charge is 2.15. The molecule has 3 N–H and O–H groups in total. The lowest BCUT2D eigenvalue weighted by molar-refractivity contribution is 0.0529. The number of carbonyl (C=O) groups excluding carboxylic acids is 1. The van der Waals surface area contributed by atoms with E-state index in [0.29, 0.717) is 13.1 Å². The van der Waals surface area contributed by atoms with Crippen LogP contribution in [0.15, 0.2) is 40.2 Å². The number of nitrogens with one attached hydrogen (secondary N) is 3. The molecule has 25 heavy (non-hydrogen) atoms. The molecule has 0 bridgehead atoms. The minimum absolute atomic E-state index is 0.417. The van der Waals surface area contributed by atoms with E-state index in [1.54, 1.807) is 11.8 Å². The Labute approximate surface area is 155 Å². The topological polar surface area (TPSA) is 74.8 Å². The summed E-state index contributed by atoms with van der Waals surface area (Å²) in [5.41, 5.74) is -0.486. The second-order valence-electron chi connectivity index (χ2n) is 6.28. The van der Waals surface area contributed by atoms with Gasteiger partial charge < -0.3 is 20.7 Å². The van der Waals surface area contributed by atoms with Crippen LogP contribution >= 0.6 is 11.8 Å². The summed E-state index contributed by atoms with van der Waals surface area (Å²) in [6.45, 7) is 10.1. The minimum Gasteiger partial charge on any atom is -0.444 e. The van der Waals surface area contributed by atoms with E-state index in [1.165, 1.54) is 4.90 Å². The molecule has 6 nitrogen and oxygen atoms in total. The van der Waals surface area contributed by atoms with Crippen LogP contribution in [0.3, 0.4) is 0 Å². The van der Waals surface area contributed by atoms with Crippen molar-refractivity contribution in [2.45, 2.75) is 38.2 Å². The van der Waals surface area contributed by atoms with Crippen LogP contribution in [-0.2, 0) is 4.74 Å². The molecule has 0 saturated heterocycles. The second-order valence-corrected chi connectivity index (χ2v) is 7.45. The maximum absolute atomic E-state index is 11.6. The molecule has 0 aliphatic rings. The lowest BCUT2D eigenvalue weighted by atomic mass is 10.2. The number of alkyl carbamates (subject to hydrolysis) is 1. The van der Waals surface area contributed by atoms with E-state index in [4.69, 9.17) is 4.74 Å². The van der Waals surface area contributed by atoms with Crippen LogP contribution in [0.4, 0.5) is 4.79 Å². The average Bonchev–Trinajstić information content (AvgIpc) is 2.54. The van der Waals surface area contributed by atoms with Gasteiger partial charge in [0.25, 0.3) is 0 Å². The third kappa shape index (κ3) is 11.3. The van der Waals surface area contributed by atoms with E-state index < -0.39 is 11.7 Å². The number of ether oxygens (including phenoxy) is 1. The summed E-state index contributed by atoms with van der Waals surface area (Å²) in [7, 11) is 0. The van der Waals surface area contributed by atoms with Crippen LogP contribution in [0.25, 0.3) is 0 Å². The van der Waals surface area contributed by atoms with Crippen LogP contribution in [0.5, 0.6) is 0 Å². The number of nitrogens with zero attached hydrogens (tertiary/aromatic N) is 1. The highest BCUT2D eigenvalue weighted by Crippen LogP contribution is 2.15. The summed E-state index contributed by atoms with van der Waals surface area (Å²) in [6, 6.07) is 10.3. The summed E-state index contributed by atoms with van der Waals surface area (Å²) in [5.74, 6) is 1.70. The van der Waals surface area contributed by atoms with Crippen molar-refractivity contribution in [1.29, 1.82) is 0 Å². The lowest BCUT2D eigenvalue weighted by Crippen LogP contribution is -2.39. The molecule has 0 heterocycles. The maximum Gasteiger partial charge on any atom is 0.407 e. The Hall–Kier alpha value is -1.89. The van der Waals surface area contributed by atoms with E-state index in [1.807, 2.05) is 45.9 Å². The summed E-state index contributed by atoms with van der Waals surface area (Å²) in [4.78, 5) is 17.3. The van der Waals surface area contributed by atoms with E-state index in [-0.39, 0.29) is 0 Å². The number of aliphatic imine (C=N–C) groups is 1. The van der Waals surface area contributed by atoms with Gasteiger partial charge in [0.1, 0.15) is 5.60 Å². The van der Waals surface area contributed by atoms with Crippen LogP contribution in [-0.4, -0.2) is 49.6 Å². The maximum atomic E-state index is 11.6. The molecule has 0 unspecified atom stereocenters. The molecule has 140 valence electrons. The quantitative estimate of drug-likeness (QED) is 0.285. The molecule has 7 heteroatoms. The third-order valence-corrected chi connectivity index (χ3v) is 3.81. The molecular weight excluding hydrogens is 336 g/mol. The molecule has 1 amide bonds. The summed E-state index contributed by atoms with van der Waals surface area (Å²) in [5, 5.41) is 9.18. The van der Waals surface area contributed by atoms with Gasteiger partial charge in [0.2, 0.25) is 0 Å². The van der Waals surface area contributed by atoms with Crippen molar-refractivity contribution in [2.75, 3.05) is 31.9 Å². The fraction of sp³-hybridized carbons (Fsp3) is 0.556. The predicted octanol–water partition coefficient (Wildman–Crippen LogP) is 2.86.